The zero-order valence-electron chi connectivity index (χ0n) is 13.4. The molecule has 25 heavy (non-hydrogen) atoms. The second-order valence-corrected chi connectivity index (χ2v) is 5.91. The van der Waals surface area contributed by atoms with Crippen LogP contribution in [0.25, 0.3) is 0 Å². The number of ether oxygens (including phenoxy) is 2. The molecule has 0 saturated heterocycles. The van der Waals surface area contributed by atoms with Crippen LogP contribution in [0.5, 0.6) is 11.5 Å². The van der Waals surface area contributed by atoms with Crippen LogP contribution in [0.2, 0.25) is 10.0 Å². The van der Waals surface area contributed by atoms with Crippen molar-refractivity contribution in [2.45, 2.75) is 6.92 Å². The Labute approximate surface area is 154 Å². The Morgan fingerprint density at radius 2 is 1.88 bits per heavy atom. The summed E-state index contributed by atoms with van der Waals surface area (Å²) in [5, 5.41) is 12.2. The van der Waals surface area contributed by atoms with E-state index in [1.54, 1.807) is 18.2 Å². The fourth-order valence-corrected chi connectivity index (χ4v) is 2.43. The van der Waals surface area contributed by atoms with Crippen molar-refractivity contribution in [2.24, 2.45) is 0 Å². The smallest absolute Gasteiger partial charge is 0.335 e. The molecule has 0 aliphatic heterocycles. The van der Waals surface area contributed by atoms with Crippen LogP contribution in [-0.4, -0.2) is 30.7 Å². The average Bonchev–Trinajstić information content (AvgIpc) is 2.56. The van der Waals surface area contributed by atoms with Crippen molar-refractivity contribution >= 4 is 40.8 Å². The first kappa shape index (κ1) is 18.9. The van der Waals surface area contributed by atoms with E-state index in [0.717, 1.165) is 5.56 Å². The molecule has 0 aromatic heterocycles. The molecule has 0 fully saturated rings. The predicted molar refractivity (Wildman–Crippen MR) is 95.3 cm³/mol. The number of aromatic carboxylic acids is 1. The third-order valence-corrected chi connectivity index (χ3v) is 3.97. The second-order valence-electron chi connectivity index (χ2n) is 5.10. The van der Waals surface area contributed by atoms with E-state index in [1.807, 2.05) is 6.92 Å². The number of carboxylic acids is 1. The third-order valence-electron chi connectivity index (χ3n) is 3.28. The molecule has 0 aliphatic carbocycles. The van der Waals surface area contributed by atoms with Gasteiger partial charge in [0.1, 0.15) is 0 Å². The first-order valence-corrected chi connectivity index (χ1v) is 7.87. The quantitative estimate of drug-likeness (QED) is 0.786. The van der Waals surface area contributed by atoms with E-state index in [4.69, 9.17) is 37.8 Å². The topological polar surface area (TPSA) is 84.9 Å². The van der Waals surface area contributed by atoms with Crippen molar-refractivity contribution in [1.82, 2.24) is 0 Å². The number of halogens is 2. The molecule has 0 spiro atoms. The number of hydrogen-bond acceptors (Lipinski definition) is 4. The number of anilines is 1. The van der Waals surface area contributed by atoms with Gasteiger partial charge in [-0.15, -0.1) is 0 Å². The zero-order chi connectivity index (χ0) is 18.6. The molecule has 2 rings (SSSR count). The van der Waals surface area contributed by atoms with Gasteiger partial charge >= 0.3 is 5.97 Å². The standard InChI is InChI=1S/C17H15Cl2NO5/c1-9-3-4-11(7-12(9)18)20-15(21)8-25-16-13(19)5-10(17(22)23)6-14(16)24-2/h3-7H,8H2,1-2H3,(H,20,21)(H,22,23). The molecular formula is C17H15Cl2NO5. The summed E-state index contributed by atoms with van der Waals surface area (Å²) in [6.45, 7) is 1.51. The number of hydrogen-bond donors (Lipinski definition) is 2. The lowest BCUT2D eigenvalue weighted by molar-refractivity contribution is -0.118. The van der Waals surface area contributed by atoms with Gasteiger partial charge in [0, 0.05) is 10.7 Å². The van der Waals surface area contributed by atoms with Gasteiger partial charge in [0.15, 0.2) is 18.1 Å². The number of carbonyl (C=O) groups is 2. The molecule has 0 radical (unpaired) electrons. The van der Waals surface area contributed by atoms with Gasteiger partial charge in [0.2, 0.25) is 0 Å². The molecule has 8 heteroatoms. The van der Waals surface area contributed by atoms with E-state index in [9.17, 15) is 9.59 Å². The van der Waals surface area contributed by atoms with Crippen LogP contribution in [0.4, 0.5) is 5.69 Å². The molecule has 1 amide bonds. The molecule has 6 nitrogen and oxygen atoms in total. The maximum Gasteiger partial charge on any atom is 0.335 e. The number of carbonyl (C=O) groups excluding carboxylic acids is 1. The summed E-state index contributed by atoms with van der Waals surface area (Å²) >= 11 is 12.0. The lowest BCUT2D eigenvalue weighted by Crippen LogP contribution is -2.20. The molecule has 0 atom stereocenters. The summed E-state index contributed by atoms with van der Waals surface area (Å²) in [7, 11) is 1.35. The summed E-state index contributed by atoms with van der Waals surface area (Å²) in [4.78, 5) is 23.0. The SMILES string of the molecule is COc1cc(C(=O)O)cc(Cl)c1OCC(=O)Nc1ccc(C)c(Cl)c1. The molecule has 2 N–H and O–H groups in total. The maximum absolute atomic E-state index is 12.0. The van der Waals surface area contributed by atoms with Crippen LogP contribution in [0, 0.1) is 6.92 Å². The highest BCUT2D eigenvalue weighted by Crippen LogP contribution is 2.36. The van der Waals surface area contributed by atoms with Gasteiger partial charge in [-0.25, -0.2) is 4.79 Å². The Hall–Kier alpha value is -2.44. The Morgan fingerprint density at radius 3 is 2.48 bits per heavy atom. The highest BCUT2D eigenvalue weighted by atomic mass is 35.5. The molecule has 0 aliphatic rings. The van der Waals surface area contributed by atoms with Crippen molar-refractivity contribution in [3.63, 3.8) is 0 Å². The summed E-state index contributed by atoms with van der Waals surface area (Å²) in [5.74, 6) is -1.37. The zero-order valence-corrected chi connectivity index (χ0v) is 14.9. The van der Waals surface area contributed by atoms with Crippen molar-refractivity contribution < 1.29 is 24.2 Å². The summed E-state index contributed by atoms with van der Waals surface area (Å²) in [6.07, 6.45) is 0. The number of carboxylic acid groups (broad SMARTS) is 1. The first-order chi connectivity index (χ1) is 11.8. The Kier molecular flexibility index (Phi) is 6.12. The van der Waals surface area contributed by atoms with Gasteiger partial charge in [-0.05, 0) is 36.8 Å². The largest absolute Gasteiger partial charge is 0.493 e. The molecule has 0 bridgehead atoms. The van der Waals surface area contributed by atoms with Gasteiger partial charge in [-0.1, -0.05) is 29.3 Å². The normalized spacial score (nSPS) is 10.2. The van der Waals surface area contributed by atoms with Crippen molar-refractivity contribution in [1.29, 1.82) is 0 Å². The highest BCUT2D eigenvalue weighted by Gasteiger charge is 2.16. The van der Waals surface area contributed by atoms with Crippen LogP contribution in [0.3, 0.4) is 0 Å². The lowest BCUT2D eigenvalue weighted by atomic mass is 10.2. The maximum atomic E-state index is 12.0. The fraction of sp³-hybridized carbons (Fsp3) is 0.176. The van der Waals surface area contributed by atoms with Crippen molar-refractivity contribution in [3.8, 4) is 11.5 Å². The minimum atomic E-state index is -1.15. The second kappa shape index (κ2) is 8.09. The number of rotatable bonds is 6. The minimum absolute atomic E-state index is 0.0305. The Bertz CT molecular complexity index is 823. The van der Waals surface area contributed by atoms with Crippen molar-refractivity contribution in [2.75, 3.05) is 19.0 Å². The number of benzene rings is 2. The van der Waals surface area contributed by atoms with E-state index in [1.165, 1.54) is 19.2 Å². The van der Waals surface area contributed by atoms with E-state index >= 15 is 0 Å². The molecule has 0 unspecified atom stereocenters. The highest BCUT2D eigenvalue weighted by molar-refractivity contribution is 6.32. The Balaban J connectivity index is 2.08. The number of nitrogens with one attached hydrogen (secondary N) is 1. The summed E-state index contributed by atoms with van der Waals surface area (Å²) in [6, 6.07) is 7.61. The number of amides is 1. The third kappa shape index (κ3) is 4.78. The van der Waals surface area contributed by atoms with Gasteiger partial charge in [-0.2, -0.15) is 0 Å². The summed E-state index contributed by atoms with van der Waals surface area (Å²) < 4.78 is 10.5. The average molecular weight is 384 g/mol. The van der Waals surface area contributed by atoms with Crippen LogP contribution in [0.15, 0.2) is 30.3 Å². The molecule has 132 valence electrons. The van der Waals surface area contributed by atoms with E-state index in [2.05, 4.69) is 5.32 Å². The fourth-order valence-electron chi connectivity index (χ4n) is 1.99. The molecule has 0 saturated carbocycles. The lowest BCUT2D eigenvalue weighted by Gasteiger charge is -2.13. The van der Waals surface area contributed by atoms with Gasteiger partial charge in [-0.3, -0.25) is 4.79 Å². The Morgan fingerprint density at radius 1 is 1.16 bits per heavy atom. The predicted octanol–water partition coefficient (Wildman–Crippen LogP) is 4.03. The monoisotopic (exact) mass is 383 g/mol. The van der Waals surface area contributed by atoms with Gasteiger partial charge in [0.05, 0.1) is 17.7 Å². The van der Waals surface area contributed by atoms with Crippen molar-refractivity contribution in [3.05, 3.63) is 51.5 Å². The van der Waals surface area contributed by atoms with E-state index in [-0.39, 0.29) is 28.7 Å². The van der Waals surface area contributed by atoms with Crippen LogP contribution >= 0.6 is 23.2 Å². The first-order valence-electron chi connectivity index (χ1n) is 7.11. The van der Waals surface area contributed by atoms with Gasteiger partial charge < -0.3 is 19.9 Å². The van der Waals surface area contributed by atoms with Crippen LogP contribution < -0.4 is 14.8 Å². The summed E-state index contributed by atoms with van der Waals surface area (Å²) in [5.41, 5.74) is 1.38. The van der Waals surface area contributed by atoms with E-state index < -0.39 is 11.9 Å². The number of aryl methyl sites for hydroxylation is 1. The van der Waals surface area contributed by atoms with Crippen LogP contribution in [-0.2, 0) is 4.79 Å². The van der Waals surface area contributed by atoms with E-state index in [0.29, 0.717) is 10.7 Å². The minimum Gasteiger partial charge on any atom is -0.493 e. The van der Waals surface area contributed by atoms with Gasteiger partial charge in [0.25, 0.3) is 5.91 Å². The molecule has 2 aromatic carbocycles. The molecular weight excluding hydrogens is 369 g/mol. The molecule has 0 heterocycles. The number of methoxy groups -OCH3 is 1. The molecule has 2 aromatic rings. The van der Waals surface area contributed by atoms with Crippen LogP contribution in [0.1, 0.15) is 15.9 Å².